The maximum absolute atomic E-state index is 12.0. The number of oxazole rings is 1. The van der Waals surface area contributed by atoms with Gasteiger partial charge in [-0.15, -0.1) is 0 Å². The van der Waals surface area contributed by atoms with Crippen LogP contribution in [0.3, 0.4) is 0 Å². The van der Waals surface area contributed by atoms with Crippen LogP contribution in [0.2, 0.25) is 0 Å². The molecule has 1 fully saturated rings. The number of nitrogen functional groups attached to an aromatic ring is 1. The zero-order chi connectivity index (χ0) is 12.8. The monoisotopic (exact) mass is 266 g/mol. The largest absolute Gasteiger partial charge is 0.439 e. The highest BCUT2D eigenvalue weighted by molar-refractivity contribution is 7.91. The lowest BCUT2D eigenvalue weighted by Gasteiger charge is -2.18. The highest BCUT2D eigenvalue weighted by atomic mass is 32.2. The molecule has 6 heteroatoms. The Hall–Kier alpha value is -1.56. The second kappa shape index (κ2) is 3.98. The fourth-order valence-electron chi connectivity index (χ4n) is 2.33. The van der Waals surface area contributed by atoms with Gasteiger partial charge in [-0.1, -0.05) is 6.42 Å². The molecule has 18 heavy (non-hydrogen) atoms. The minimum absolute atomic E-state index is 0.221. The average Bonchev–Trinajstić information content (AvgIpc) is 2.70. The molecular formula is C12H14N2O3S. The molecule has 2 aromatic rings. The fourth-order valence-corrected chi connectivity index (χ4v) is 4.16. The number of hydrogen-bond donors (Lipinski definition) is 1. The third kappa shape index (κ3) is 1.86. The van der Waals surface area contributed by atoms with Crippen molar-refractivity contribution in [2.75, 3.05) is 11.5 Å². The highest BCUT2D eigenvalue weighted by Crippen LogP contribution is 2.34. The van der Waals surface area contributed by atoms with E-state index >= 15 is 0 Å². The normalized spacial score (nSPS) is 23.2. The molecule has 1 saturated heterocycles. The van der Waals surface area contributed by atoms with Crippen molar-refractivity contribution >= 4 is 26.6 Å². The van der Waals surface area contributed by atoms with Gasteiger partial charge in [-0.3, -0.25) is 0 Å². The van der Waals surface area contributed by atoms with Crippen molar-refractivity contribution in [2.45, 2.75) is 24.5 Å². The lowest BCUT2D eigenvalue weighted by molar-refractivity contribution is 0.471. The lowest BCUT2D eigenvalue weighted by atomic mass is 10.2. The van der Waals surface area contributed by atoms with Crippen molar-refractivity contribution in [3.63, 3.8) is 0 Å². The molecule has 2 heterocycles. The molecule has 0 amide bonds. The average molecular weight is 266 g/mol. The molecule has 0 radical (unpaired) electrons. The summed E-state index contributed by atoms with van der Waals surface area (Å²) >= 11 is 0. The van der Waals surface area contributed by atoms with Crippen LogP contribution in [0.5, 0.6) is 0 Å². The van der Waals surface area contributed by atoms with Gasteiger partial charge in [-0.05, 0) is 31.0 Å². The van der Waals surface area contributed by atoms with E-state index in [0.29, 0.717) is 29.1 Å². The van der Waals surface area contributed by atoms with E-state index in [2.05, 4.69) is 4.98 Å². The molecule has 0 saturated carbocycles. The molecule has 3 rings (SSSR count). The summed E-state index contributed by atoms with van der Waals surface area (Å²) in [7, 11) is -3.12. The molecule has 1 aromatic carbocycles. The first-order valence-electron chi connectivity index (χ1n) is 5.94. The van der Waals surface area contributed by atoms with Gasteiger partial charge in [0.05, 0.1) is 5.75 Å². The van der Waals surface area contributed by atoms with Crippen LogP contribution in [0.4, 0.5) is 5.69 Å². The third-order valence-electron chi connectivity index (χ3n) is 3.28. The van der Waals surface area contributed by atoms with E-state index in [9.17, 15) is 8.42 Å². The summed E-state index contributed by atoms with van der Waals surface area (Å²) in [5.41, 5.74) is 7.46. The molecule has 1 aliphatic heterocycles. The smallest absolute Gasteiger partial charge is 0.213 e. The first-order chi connectivity index (χ1) is 8.56. The van der Waals surface area contributed by atoms with Gasteiger partial charge >= 0.3 is 0 Å². The van der Waals surface area contributed by atoms with Crippen molar-refractivity contribution in [2.24, 2.45) is 0 Å². The summed E-state index contributed by atoms with van der Waals surface area (Å²) in [6.07, 6.45) is 2.21. The van der Waals surface area contributed by atoms with Crippen LogP contribution in [0.1, 0.15) is 30.4 Å². The van der Waals surface area contributed by atoms with Gasteiger partial charge < -0.3 is 10.2 Å². The van der Waals surface area contributed by atoms with Gasteiger partial charge in [0.15, 0.2) is 15.4 Å². The minimum Gasteiger partial charge on any atom is -0.439 e. The molecule has 0 aliphatic carbocycles. The van der Waals surface area contributed by atoms with E-state index < -0.39 is 15.1 Å². The first kappa shape index (κ1) is 11.5. The molecule has 1 atom stereocenters. The fraction of sp³-hybridized carbons (Fsp3) is 0.417. The van der Waals surface area contributed by atoms with Gasteiger partial charge in [0.25, 0.3) is 0 Å². The summed E-state index contributed by atoms with van der Waals surface area (Å²) in [5, 5.41) is -0.597. The van der Waals surface area contributed by atoms with E-state index in [4.69, 9.17) is 10.2 Å². The minimum atomic E-state index is -3.12. The number of anilines is 1. The summed E-state index contributed by atoms with van der Waals surface area (Å²) < 4.78 is 29.6. The van der Waals surface area contributed by atoms with Gasteiger partial charge in [0.2, 0.25) is 5.89 Å². The Kier molecular flexibility index (Phi) is 2.55. The van der Waals surface area contributed by atoms with E-state index in [1.165, 1.54) is 0 Å². The van der Waals surface area contributed by atoms with Crippen LogP contribution in [0, 0.1) is 0 Å². The van der Waals surface area contributed by atoms with Crippen molar-refractivity contribution < 1.29 is 12.8 Å². The highest BCUT2D eigenvalue weighted by Gasteiger charge is 2.34. The number of fused-ring (bicyclic) bond motifs is 1. The first-order valence-corrected chi connectivity index (χ1v) is 7.65. The number of nitrogens with zero attached hydrogens (tertiary/aromatic N) is 1. The Labute approximate surface area is 105 Å². The third-order valence-corrected chi connectivity index (χ3v) is 5.44. The van der Waals surface area contributed by atoms with E-state index in [1.807, 2.05) is 0 Å². The second-order valence-corrected chi connectivity index (χ2v) is 6.93. The van der Waals surface area contributed by atoms with Crippen molar-refractivity contribution in [3.05, 3.63) is 24.1 Å². The molecule has 0 bridgehead atoms. The molecule has 5 nitrogen and oxygen atoms in total. The Morgan fingerprint density at radius 2 is 2.17 bits per heavy atom. The topological polar surface area (TPSA) is 86.2 Å². The maximum atomic E-state index is 12.0. The second-order valence-electron chi connectivity index (χ2n) is 4.63. The number of benzene rings is 1. The molecule has 0 spiro atoms. The number of rotatable bonds is 1. The van der Waals surface area contributed by atoms with Crippen LogP contribution in [0.25, 0.3) is 11.1 Å². The van der Waals surface area contributed by atoms with Crippen LogP contribution >= 0.6 is 0 Å². The Morgan fingerprint density at radius 3 is 2.94 bits per heavy atom. The maximum Gasteiger partial charge on any atom is 0.213 e. The standard InChI is InChI=1S/C12H14N2O3S/c13-8-4-5-10-9(7-8)14-12(17-10)11-3-1-2-6-18(11,15)16/h4-5,7,11H,1-3,6,13H2. The SMILES string of the molecule is Nc1ccc2oc(C3CCCCS3(=O)=O)nc2c1. The Morgan fingerprint density at radius 1 is 1.33 bits per heavy atom. The van der Waals surface area contributed by atoms with E-state index in [0.717, 1.165) is 12.8 Å². The molecule has 1 unspecified atom stereocenters. The molecule has 2 N–H and O–H groups in total. The number of nitrogens with two attached hydrogens (primary N) is 1. The molecule has 1 aromatic heterocycles. The van der Waals surface area contributed by atoms with Crippen LogP contribution in [-0.4, -0.2) is 19.2 Å². The van der Waals surface area contributed by atoms with Gasteiger partial charge in [0, 0.05) is 5.69 Å². The van der Waals surface area contributed by atoms with Crippen LogP contribution in [0.15, 0.2) is 22.6 Å². The lowest BCUT2D eigenvalue weighted by Crippen LogP contribution is -2.21. The van der Waals surface area contributed by atoms with Crippen LogP contribution < -0.4 is 5.73 Å². The van der Waals surface area contributed by atoms with Gasteiger partial charge in [-0.25, -0.2) is 13.4 Å². The molecular weight excluding hydrogens is 252 g/mol. The summed E-state index contributed by atoms with van der Waals surface area (Å²) in [6, 6.07) is 5.13. The van der Waals surface area contributed by atoms with Crippen molar-refractivity contribution in [3.8, 4) is 0 Å². The number of sulfone groups is 1. The predicted octanol–water partition coefficient (Wildman–Crippen LogP) is 2.05. The van der Waals surface area contributed by atoms with Crippen molar-refractivity contribution in [1.29, 1.82) is 0 Å². The summed E-state index contributed by atoms with van der Waals surface area (Å²) in [6.45, 7) is 0. The summed E-state index contributed by atoms with van der Waals surface area (Å²) in [4.78, 5) is 4.27. The molecule has 96 valence electrons. The zero-order valence-electron chi connectivity index (χ0n) is 9.80. The quantitative estimate of drug-likeness (QED) is 0.798. The zero-order valence-corrected chi connectivity index (χ0v) is 10.6. The van der Waals surface area contributed by atoms with E-state index in [-0.39, 0.29) is 5.75 Å². The van der Waals surface area contributed by atoms with Gasteiger partial charge in [-0.2, -0.15) is 0 Å². The van der Waals surface area contributed by atoms with E-state index in [1.54, 1.807) is 18.2 Å². The molecule has 1 aliphatic rings. The number of aromatic nitrogens is 1. The van der Waals surface area contributed by atoms with Crippen molar-refractivity contribution in [1.82, 2.24) is 4.98 Å². The van der Waals surface area contributed by atoms with Gasteiger partial charge in [0.1, 0.15) is 10.8 Å². The Bertz CT molecular complexity index is 690. The number of hydrogen-bond acceptors (Lipinski definition) is 5. The predicted molar refractivity (Wildman–Crippen MR) is 68.8 cm³/mol. The summed E-state index contributed by atoms with van der Waals surface area (Å²) in [5.74, 6) is 0.522. The Balaban J connectivity index is 2.08. The van der Waals surface area contributed by atoms with Crippen LogP contribution in [-0.2, 0) is 9.84 Å².